The number of hydrogen-bond donors (Lipinski definition) is 2. The molecule has 1 fully saturated rings. The molecule has 1 aliphatic rings. The van der Waals surface area contributed by atoms with Crippen LogP contribution in [-0.2, 0) is 4.74 Å². The molecule has 1 aliphatic heterocycles. The Morgan fingerprint density at radius 2 is 2.44 bits per heavy atom. The zero-order valence-electron chi connectivity index (χ0n) is 10.7. The molecule has 3 N–H and O–H groups in total. The van der Waals surface area contributed by atoms with Crippen molar-refractivity contribution in [2.75, 3.05) is 51.4 Å². The van der Waals surface area contributed by atoms with Gasteiger partial charge in [-0.05, 0) is 7.05 Å². The van der Waals surface area contributed by atoms with E-state index in [1.54, 1.807) is 0 Å². The van der Waals surface area contributed by atoms with Crippen LogP contribution in [0.15, 0.2) is 6.33 Å². The number of anilines is 2. The minimum atomic E-state index is 0.143. The third-order valence-corrected chi connectivity index (χ3v) is 2.88. The summed E-state index contributed by atoms with van der Waals surface area (Å²) >= 11 is 0. The molecule has 0 radical (unpaired) electrons. The van der Waals surface area contributed by atoms with Gasteiger partial charge >= 0.3 is 0 Å². The highest BCUT2D eigenvalue weighted by Gasteiger charge is 2.18. The first-order valence-electron chi connectivity index (χ1n) is 5.89. The van der Waals surface area contributed by atoms with E-state index in [4.69, 9.17) is 15.2 Å². The smallest absolute Gasteiger partial charge is 0.242 e. The predicted molar refractivity (Wildman–Crippen MR) is 68.7 cm³/mol. The topological polar surface area (TPSA) is 85.5 Å². The lowest BCUT2D eigenvalue weighted by molar-refractivity contribution is -0.0117. The summed E-state index contributed by atoms with van der Waals surface area (Å²) in [7, 11) is 3.61. The SMILES string of the molecule is COc1ncnc(NCC2CN(C)CCO2)c1N. The number of likely N-dealkylation sites (N-methyl/N-ethyl adjacent to an activating group) is 1. The molecule has 1 saturated heterocycles. The summed E-state index contributed by atoms with van der Waals surface area (Å²) in [6.45, 7) is 3.29. The average Bonchev–Trinajstić information content (AvgIpc) is 2.38. The van der Waals surface area contributed by atoms with Gasteiger partial charge in [-0.3, -0.25) is 0 Å². The molecule has 2 heterocycles. The molecule has 2 rings (SSSR count). The van der Waals surface area contributed by atoms with Crippen molar-refractivity contribution in [2.45, 2.75) is 6.10 Å². The summed E-state index contributed by atoms with van der Waals surface area (Å²) < 4.78 is 10.7. The highest BCUT2D eigenvalue weighted by molar-refractivity contribution is 5.66. The van der Waals surface area contributed by atoms with Gasteiger partial charge in [0.15, 0.2) is 5.82 Å². The minimum Gasteiger partial charge on any atom is -0.479 e. The van der Waals surface area contributed by atoms with Crippen molar-refractivity contribution in [1.29, 1.82) is 0 Å². The first-order valence-corrected chi connectivity index (χ1v) is 5.89. The van der Waals surface area contributed by atoms with Crippen LogP contribution in [0.1, 0.15) is 0 Å². The maximum absolute atomic E-state index is 5.87. The van der Waals surface area contributed by atoms with E-state index in [2.05, 4.69) is 27.2 Å². The number of hydrogen-bond acceptors (Lipinski definition) is 7. The standard InChI is InChI=1S/C11H19N5O2/c1-16-3-4-18-8(6-16)5-13-10-9(12)11(17-2)15-7-14-10/h7-8H,3-6,12H2,1-2H3,(H,13,14,15). The zero-order chi connectivity index (χ0) is 13.0. The summed E-state index contributed by atoms with van der Waals surface area (Å²) in [5, 5.41) is 3.17. The summed E-state index contributed by atoms with van der Waals surface area (Å²) in [5.74, 6) is 0.966. The molecule has 1 aromatic heterocycles. The van der Waals surface area contributed by atoms with Crippen molar-refractivity contribution in [1.82, 2.24) is 14.9 Å². The van der Waals surface area contributed by atoms with Crippen LogP contribution in [0, 0.1) is 0 Å². The first kappa shape index (κ1) is 12.8. The van der Waals surface area contributed by atoms with E-state index in [1.807, 2.05) is 0 Å². The normalized spacial score (nSPS) is 20.7. The maximum atomic E-state index is 5.87. The monoisotopic (exact) mass is 253 g/mol. The maximum Gasteiger partial charge on any atom is 0.242 e. The molecule has 1 atom stereocenters. The number of nitrogen functional groups attached to an aromatic ring is 1. The van der Waals surface area contributed by atoms with E-state index in [0.29, 0.717) is 23.9 Å². The number of aromatic nitrogens is 2. The van der Waals surface area contributed by atoms with Crippen molar-refractivity contribution in [3.8, 4) is 5.88 Å². The van der Waals surface area contributed by atoms with Gasteiger partial charge in [-0.25, -0.2) is 4.98 Å². The average molecular weight is 253 g/mol. The number of methoxy groups -OCH3 is 1. The molecule has 0 amide bonds. The Labute approximate surface area is 106 Å². The highest BCUT2D eigenvalue weighted by atomic mass is 16.5. The van der Waals surface area contributed by atoms with Crippen molar-refractivity contribution in [3.05, 3.63) is 6.33 Å². The summed E-state index contributed by atoms with van der Waals surface area (Å²) in [4.78, 5) is 10.3. The summed E-state index contributed by atoms with van der Waals surface area (Å²) in [5.41, 5.74) is 6.29. The Morgan fingerprint density at radius 3 is 3.17 bits per heavy atom. The van der Waals surface area contributed by atoms with E-state index >= 15 is 0 Å². The van der Waals surface area contributed by atoms with Gasteiger partial charge in [0.05, 0.1) is 19.8 Å². The molecule has 7 nitrogen and oxygen atoms in total. The number of rotatable bonds is 4. The van der Waals surface area contributed by atoms with Gasteiger partial charge in [-0.1, -0.05) is 0 Å². The largest absolute Gasteiger partial charge is 0.479 e. The van der Waals surface area contributed by atoms with Gasteiger partial charge in [0.1, 0.15) is 12.0 Å². The number of nitrogens with zero attached hydrogens (tertiary/aromatic N) is 3. The molecule has 1 aromatic rings. The quantitative estimate of drug-likeness (QED) is 0.769. The Kier molecular flexibility index (Phi) is 4.16. The van der Waals surface area contributed by atoms with Crippen molar-refractivity contribution < 1.29 is 9.47 Å². The molecule has 0 aliphatic carbocycles. The van der Waals surface area contributed by atoms with E-state index in [0.717, 1.165) is 19.7 Å². The molecule has 0 saturated carbocycles. The fourth-order valence-corrected chi connectivity index (χ4v) is 1.88. The Morgan fingerprint density at radius 1 is 1.61 bits per heavy atom. The number of ether oxygens (including phenoxy) is 2. The van der Waals surface area contributed by atoms with E-state index in [1.165, 1.54) is 13.4 Å². The Bertz CT molecular complexity index is 401. The Balaban J connectivity index is 1.93. The molecule has 0 aromatic carbocycles. The lowest BCUT2D eigenvalue weighted by atomic mass is 10.3. The first-order chi connectivity index (χ1) is 8.70. The van der Waals surface area contributed by atoms with Crippen LogP contribution >= 0.6 is 0 Å². The van der Waals surface area contributed by atoms with Gasteiger partial charge < -0.3 is 25.4 Å². The second kappa shape index (κ2) is 5.83. The van der Waals surface area contributed by atoms with E-state index in [9.17, 15) is 0 Å². The van der Waals surface area contributed by atoms with Gasteiger partial charge in [0.25, 0.3) is 0 Å². The number of morpholine rings is 1. The molecule has 7 heteroatoms. The third-order valence-electron chi connectivity index (χ3n) is 2.88. The predicted octanol–water partition coefficient (Wildman–Crippen LogP) is -0.190. The van der Waals surface area contributed by atoms with Crippen LogP contribution in [0.4, 0.5) is 11.5 Å². The van der Waals surface area contributed by atoms with Crippen LogP contribution in [0.3, 0.4) is 0 Å². The van der Waals surface area contributed by atoms with Crippen LogP contribution in [0.25, 0.3) is 0 Å². The van der Waals surface area contributed by atoms with Crippen molar-refractivity contribution >= 4 is 11.5 Å². The van der Waals surface area contributed by atoms with Crippen LogP contribution < -0.4 is 15.8 Å². The van der Waals surface area contributed by atoms with Crippen molar-refractivity contribution in [2.24, 2.45) is 0 Å². The van der Waals surface area contributed by atoms with E-state index in [-0.39, 0.29) is 6.10 Å². The lowest BCUT2D eigenvalue weighted by Gasteiger charge is -2.30. The van der Waals surface area contributed by atoms with E-state index < -0.39 is 0 Å². The number of nitrogens with two attached hydrogens (primary N) is 1. The highest BCUT2D eigenvalue weighted by Crippen LogP contribution is 2.23. The van der Waals surface area contributed by atoms with Gasteiger partial charge in [0.2, 0.25) is 5.88 Å². The minimum absolute atomic E-state index is 0.143. The van der Waals surface area contributed by atoms with Crippen molar-refractivity contribution in [3.63, 3.8) is 0 Å². The summed E-state index contributed by atoms with van der Waals surface area (Å²) in [6.07, 6.45) is 1.56. The van der Waals surface area contributed by atoms with Crippen LogP contribution in [0.2, 0.25) is 0 Å². The third kappa shape index (κ3) is 2.99. The van der Waals surface area contributed by atoms with Gasteiger partial charge in [-0.15, -0.1) is 0 Å². The fraction of sp³-hybridized carbons (Fsp3) is 0.636. The second-order valence-electron chi connectivity index (χ2n) is 4.28. The molecule has 1 unspecified atom stereocenters. The van der Waals surface area contributed by atoms with Crippen LogP contribution in [-0.4, -0.2) is 61.4 Å². The summed E-state index contributed by atoms with van der Waals surface area (Å²) in [6, 6.07) is 0. The second-order valence-corrected chi connectivity index (χ2v) is 4.28. The van der Waals surface area contributed by atoms with Gasteiger partial charge in [0, 0.05) is 19.6 Å². The fourth-order valence-electron chi connectivity index (χ4n) is 1.88. The van der Waals surface area contributed by atoms with Crippen LogP contribution in [0.5, 0.6) is 5.88 Å². The lowest BCUT2D eigenvalue weighted by Crippen LogP contribution is -2.43. The zero-order valence-corrected chi connectivity index (χ0v) is 10.7. The molecular formula is C11H19N5O2. The molecule has 0 bridgehead atoms. The van der Waals surface area contributed by atoms with Gasteiger partial charge in [-0.2, -0.15) is 4.98 Å². The molecule has 100 valence electrons. The molecule has 0 spiro atoms. The molecule has 18 heavy (non-hydrogen) atoms. The molecular weight excluding hydrogens is 234 g/mol. The Hall–Kier alpha value is -1.60. The number of nitrogens with one attached hydrogen (secondary N) is 1.